The Balaban J connectivity index is 2.10. The highest BCUT2D eigenvalue weighted by molar-refractivity contribution is 5.33. The summed E-state index contributed by atoms with van der Waals surface area (Å²) >= 11 is 0. The zero-order valence-electron chi connectivity index (χ0n) is 7.86. The number of nitrogens with two attached hydrogens (primary N) is 1. The number of hydrogen-bond donors (Lipinski definition) is 2. The van der Waals surface area contributed by atoms with Gasteiger partial charge in [0.1, 0.15) is 5.82 Å². The normalized spacial score (nSPS) is 10.3. The summed E-state index contributed by atoms with van der Waals surface area (Å²) in [7, 11) is 1.89. The van der Waals surface area contributed by atoms with Crippen LogP contribution in [0, 0.1) is 0 Å². The van der Waals surface area contributed by atoms with Crippen LogP contribution in [0.3, 0.4) is 0 Å². The summed E-state index contributed by atoms with van der Waals surface area (Å²) in [5.74, 6) is 0.997. The first-order chi connectivity index (χ1) is 6.34. The van der Waals surface area contributed by atoms with Gasteiger partial charge in [-0.3, -0.25) is 4.68 Å². The molecule has 1 heterocycles. The molecule has 0 unspecified atom stereocenters. The molecule has 0 saturated carbocycles. The smallest absolute Gasteiger partial charge is 0.123 e. The summed E-state index contributed by atoms with van der Waals surface area (Å²) in [6.07, 6.45) is 1.75. The van der Waals surface area contributed by atoms with Crippen LogP contribution in [-0.2, 0) is 11.8 Å². The number of hydrogen-bond acceptors (Lipinski definition) is 4. The fourth-order valence-corrected chi connectivity index (χ4v) is 0.984. The number of aromatic nitrogens is 2. The molecule has 5 nitrogen and oxygen atoms in total. The van der Waals surface area contributed by atoms with Crippen LogP contribution >= 0.6 is 0 Å². The SMILES string of the molecule is Cn1nccc1NCCOCCN. The molecular weight excluding hydrogens is 168 g/mol. The van der Waals surface area contributed by atoms with E-state index in [0.717, 1.165) is 12.4 Å². The molecule has 0 aliphatic rings. The molecule has 0 radical (unpaired) electrons. The lowest BCUT2D eigenvalue weighted by molar-refractivity contribution is 0.151. The van der Waals surface area contributed by atoms with Gasteiger partial charge in [-0.2, -0.15) is 5.10 Å². The van der Waals surface area contributed by atoms with Crippen molar-refractivity contribution in [1.82, 2.24) is 9.78 Å². The number of nitrogens with zero attached hydrogens (tertiary/aromatic N) is 2. The molecule has 0 aromatic carbocycles. The molecule has 0 aliphatic heterocycles. The van der Waals surface area contributed by atoms with Crippen molar-refractivity contribution in [3.8, 4) is 0 Å². The zero-order chi connectivity index (χ0) is 9.52. The standard InChI is InChI=1S/C8H16N4O/c1-12-8(2-4-11-12)10-5-7-13-6-3-9/h2,4,10H,3,5-7,9H2,1H3. The van der Waals surface area contributed by atoms with E-state index in [1.54, 1.807) is 10.9 Å². The van der Waals surface area contributed by atoms with Gasteiger partial charge in [-0.25, -0.2) is 0 Å². The van der Waals surface area contributed by atoms with Gasteiger partial charge < -0.3 is 15.8 Å². The average Bonchev–Trinajstić information content (AvgIpc) is 2.52. The average molecular weight is 184 g/mol. The highest BCUT2D eigenvalue weighted by Gasteiger charge is 1.95. The van der Waals surface area contributed by atoms with Crippen molar-refractivity contribution < 1.29 is 4.74 Å². The van der Waals surface area contributed by atoms with Crippen molar-refractivity contribution in [2.24, 2.45) is 12.8 Å². The van der Waals surface area contributed by atoms with E-state index >= 15 is 0 Å². The molecule has 5 heteroatoms. The van der Waals surface area contributed by atoms with Crippen molar-refractivity contribution in [3.05, 3.63) is 12.3 Å². The summed E-state index contributed by atoms with van der Waals surface area (Å²) in [5, 5.41) is 7.21. The van der Waals surface area contributed by atoms with Gasteiger partial charge in [0.25, 0.3) is 0 Å². The van der Waals surface area contributed by atoms with Crippen LogP contribution in [0.2, 0.25) is 0 Å². The van der Waals surface area contributed by atoms with E-state index in [-0.39, 0.29) is 0 Å². The zero-order valence-corrected chi connectivity index (χ0v) is 7.86. The van der Waals surface area contributed by atoms with E-state index in [2.05, 4.69) is 10.4 Å². The molecule has 13 heavy (non-hydrogen) atoms. The summed E-state index contributed by atoms with van der Waals surface area (Å²) in [6.45, 7) is 2.64. The minimum Gasteiger partial charge on any atom is -0.378 e. The molecule has 0 saturated heterocycles. The molecule has 0 amide bonds. The van der Waals surface area contributed by atoms with Crippen LogP contribution in [-0.4, -0.2) is 36.1 Å². The topological polar surface area (TPSA) is 65.1 Å². The predicted octanol–water partition coefficient (Wildman–Crippen LogP) is -0.193. The molecule has 0 atom stereocenters. The van der Waals surface area contributed by atoms with Gasteiger partial charge in [0.05, 0.1) is 19.4 Å². The fraction of sp³-hybridized carbons (Fsp3) is 0.625. The molecule has 0 spiro atoms. The van der Waals surface area contributed by atoms with E-state index in [1.807, 2.05) is 13.1 Å². The molecule has 1 aromatic heterocycles. The first-order valence-corrected chi connectivity index (χ1v) is 4.34. The Morgan fingerprint density at radius 3 is 3.08 bits per heavy atom. The van der Waals surface area contributed by atoms with Gasteiger partial charge in [0.15, 0.2) is 0 Å². The molecule has 1 aromatic rings. The Kier molecular flexibility index (Phi) is 4.28. The van der Waals surface area contributed by atoms with Crippen molar-refractivity contribution in [2.75, 3.05) is 31.6 Å². The number of nitrogens with one attached hydrogen (secondary N) is 1. The molecule has 0 aliphatic carbocycles. The van der Waals surface area contributed by atoms with E-state index in [4.69, 9.17) is 10.5 Å². The molecular formula is C8H16N4O. The van der Waals surface area contributed by atoms with Gasteiger partial charge in [0, 0.05) is 26.2 Å². The summed E-state index contributed by atoms with van der Waals surface area (Å²) in [6, 6.07) is 1.92. The monoisotopic (exact) mass is 184 g/mol. The Morgan fingerprint density at radius 1 is 1.62 bits per heavy atom. The maximum Gasteiger partial charge on any atom is 0.123 e. The van der Waals surface area contributed by atoms with Gasteiger partial charge in [-0.15, -0.1) is 0 Å². The van der Waals surface area contributed by atoms with E-state index in [9.17, 15) is 0 Å². The Hall–Kier alpha value is -1.07. The van der Waals surface area contributed by atoms with E-state index < -0.39 is 0 Å². The third-order valence-corrected chi connectivity index (χ3v) is 1.64. The minimum absolute atomic E-state index is 0.575. The first kappa shape index (κ1) is 10.0. The van der Waals surface area contributed by atoms with Crippen LogP contribution in [0.1, 0.15) is 0 Å². The number of rotatable bonds is 6. The third kappa shape index (κ3) is 3.43. The lowest BCUT2D eigenvalue weighted by atomic mass is 10.6. The highest BCUT2D eigenvalue weighted by atomic mass is 16.5. The van der Waals surface area contributed by atoms with Crippen LogP contribution in [0.15, 0.2) is 12.3 Å². The van der Waals surface area contributed by atoms with Crippen molar-refractivity contribution in [1.29, 1.82) is 0 Å². The quantitative estimate of drug-likeness (QED) is 0.601. The Bertz CT molecular complexity index is 236. The van der Waals surface area contributed by atoms with Crippen molar-refractivity contribution in [3.63, 3.8) is 0 Å². The maximum absolute atomic E-state index is 5.27. The lowest BCUT2D eigenvalue weighted by Gasteiger charge is -2.06. The van der Waals surface area contributed by atoms with Crippen molar-refractivity contribution >= 4 is 5.82 Å². The second-order valence-electron chi connectivity index (χ2n) is 2.67. The second kappa shape index (κ2) is 5.55. The van der Waals surface area contributed by atoms with Gasteiger partial charge >= 0.3 is 0 Å². The summed E-state index contributed by atoms with van der Waals surface area (Å²) in [5.41, 5.74) is 5.27. The number of ether oxygens (including phenoxy) is 1. The first-order valence-electron chi connectivity index (χ1n) is 4.34. The Morgan fingerprint density at radius 2 is 2.46 bits per heavy atom. The largest absolute Gasteiger partial charge is 0.378 e. The molecule has 74 valence electrons. The maximum atomic E-state index is 5.27. The predicted molar refractivity (Wildman–Crippen MR) is 51.6 cm³/mol. The highest BCUT2D eigenvalue weighted by Crippen LogP contribution is 2.01. The van der Waals surface area contributed by atoms with Gasteiger partial charge in [-0.05, 0) is 0 Å². The molecule has 3 N–H and O–H groups in total. The lowest BCUT2D eigenvalue weighted by Crippen LogP contribution is -2.15. The van der Waals surface area contributed by atoms with Crippen LogP contribution < -0.4 is 11.1 Å². The van der Waals surface area contributed by atoms with E-state index in [1.165, 1.54) is 0 Å². The second-order valence-corrected chi connectivity index (χ2v) is 2.67. The van der Waals surface area contributed by atoms with Gasteiger partial charge in [0.2, 0.25) is 0 Å². The molecule has 0 fully saturated rings. The summed E-state index contributed by atoms with van der Waals surface area (Å²) < 4.78 is 6.98. The molecule has 1 rings (SSSR count). The summed E-state index contributed by atoms with van der Waals surface area (Å²) in [4.78, 5) is 0. The van der Waals surface area contributed by atoms with Crippen LogP contribution in [0.5, 0.6) is 0 Å². The fourth-order valence-electron chi connectivity index (χ4n) is 0.984. The molecule has 0 bridgehead atoms. The number of anilines is 1. The minimum atomic E-state index is 0.575. The number of aryl methyl sites for hydroxylation is 1. The van der Waals surface area contributed by atoms with Crippen LogP contribution in [0.25, 0.3) is 0 Å². The van der Waals surface area contributed by atoms with Crippen LogP contribution in [0.4, 0.5) is 5.82 Å². The Labute approximate surface area is 77.9 Å². The van der Waals surface area contributed by atoms with Crippen molar-refractivity contribution in [2.45, 2.75) is 0 Å². The third-order valence-electron chi connectivity index (χ3n) is 1.64. The van der Waals surface area contributed by atoms with Gasteiger partial charge in [-0.1, -0.05) is 0 Å². The van der Waals surface area contributed by atoms with E-state index in [0.29, 0.717) is 19.8 Å².